The minimum absolute atomic E-state index is 0.404. The molecule has 0 unspecified atom stereocenters. The van der Waals surface area contributed by atoms with Crippen LogP contribution in [-0.2, 0) is 6.61 Å². The van der Waals surface area contributed by atoms with E-state index in [9.17, 15) is 4.79 Å². The Balaban J connectivity index is 2.12. The van der Waals surface area contributed by atoms with Crippen molar-refractivity contribution in [1.82, 2.24) is 4.98 Å². The second kappa shape index (κ2) is 6.83. The molecule has 0 saturated carbocycles. The van der Waals surface area contributed by atoms with Crippen LogP contribution in [0.1, 0.15) is 40.8 Å². The highest BCUT2D eigenvalue weighted by Crippen LogP contribution is 2.35. The zero-order valence-electron chi connectivity index (χ0n) is 11.0. The summed E-state index contributed by atoms with van der Waals surface area (Å²) in [7, 11) is 0. The van der Waals surface area contributed by atoms with Gasteiger partial charge in [-0.3, -0.25) is 4.79 Å². The molecule has 3 nitrogen and oxygen atoms in total. The Kier molecular flexibility index (Phi) is 5.35. The summed E-state index contributed by atoms with van der Waals surface area (Å²) in [4.78, 5) is 15.3. The number of benzene rings is 1. The first-order valence-corrected chi connectivity index (χ1v) is 8.49. The van der Waals surface area contributed by atoms with E-state index in [1.54, 1.807) is 23.5 Å². The van der Waals surface area contributed by atoms with Gasteiger partial charge in [-0.1, -0.05) is 13.8 Å². The first kappa shape index (κ1) is 15.7. The van der Waals surface area contributed by atoms with E-state index >= 15 is 0 Å². The Hall–Kier alpha value is -0.720. The maximum atomic E-state index is 10.8. The fourth-order valence-corrected chi connectivity index (χ4v) is 3.86. The smallest absolute Gasteiger partial charge is 0.150 e. The van der Waals surface area contributed by atoms with Crippen LogP contribution >= 0.6 is 43.2 Å². The number of carbonyl (C=O) groups excluding carboxylic acids is 1. The molecule has 0 bridgehead atoms. The first-order valence-electron chi connectivity index (χ1n) is 6.02. The van der Waals surface area contributed by atoms with Crippen molar-refractivity contribution in [3.63, 3.8) is 0 Å². The number of thiazole rings is 1. The number of hydrogen-bond acceptors (Lipinski definition) is 4. The summed E-state index contributed by atoms with van der Waals surface area (Å²) in [5.41, 5.74) is 1.50. The zero-order valence-corrected chi connectivity index (χ0v) is 15.0. The van der Waals surface area contributed by atoms with Gasteiger partial charge in [-0.2, -0.15) is 0 Å². The van der Waals surface area contributed by atoms with Crippen LogP contribution in [0.3, 0.4) is 0 Å². The lowest BCUT2D eigenvalue weighted by Gasteiger charge is -2.09. The predicted molar refractivity (Wildman–Crippen MR) is 87.8 cm³/mol. The van der Waals surface area contributed by atoms with Crippen molar-refractivity contribution >= 4 is 49.5 Å². The van der Waals surface area contributed by atoms with E-state index in [-0.39, 0.29) is 0 Å². The van der Waals surface area contributed by atoms with Gasteiger partial charge in [-0.05, 0) is 44.0 Å². The monoisotopic (exact) mass is 417 g/mol. The highest BCUT2D eigenvalue weighted by atomic mass is 79.9. The third kappa shape index (κ3) is 3.68. The summed E-state index contributed by atoms with van der Waals surface area (Å²) in [5, 5.41) is 3.12. The molecule has 2 aromatic rings. The third-order valence-electron chi connectivity index (χ3n) is 2.58. The van der Waals surface area contributed by atoms with Gasteiger partial charge in [-0.25, -0.2) is 4.98 Å². The van der Waals surface area contributed by atoms with E-state index in [4.69, 9.17) is 4.74 Å². The Morgan fingerprint density at radius 2 is 2.00 bits per heavy atom. The highest BCUT2D eigenvalue weighted by molar-refractivity contribution is 9.11. The van der Waals surface area contributed by atoms with Crippen LogP contribution in [-0.4, -0.2) is 11.3 Å². The van der Waals surface area contributed by atoms with E-state index in [1.165, 1.54) is 0 Å². The number of rotatable bonds is 5. The van der Waals surface area contributed by atoms with E-state index in [0.717, 1.165) is 25.9 Å². The minimum atomic E-state index is 0.404. The van der Waals surface area contributed by atoms with Crippen molar-refractivity contribution < 1.29 is 9.53 Å². The molecule has 1 aromatic carbocycles. The van der Waals surface area contributed by atoms with Gasteiger partial charge in [0.05, 0.1) is 19.6 Å². The van der Waals surface area contributed by atoms with Gasteiger partial charge in [0.2, 0.25) is 0 Å². The zero-order chi connectivity index (χ0) is 14.7. The second-order valence-electron chi connectivity index (χ2n) is 4.55. The number of aromatic nitrogens is 1. The molecule has 0 aliphatic rings. The molecule has 0 spiro atoms. The van der Waals surface area contributed by atoms with Crippen molar-refractivity contribution in [1.29, 1.82) is 0 Å². The van der Waals surface area contributed by atoms with Crippen LogP contribution in [0.5, 0.6) is 5.75 Å². The lowest BCUT2D eigenvalue weighted by atomic mass is 10.2. The fourth-order valence-electron chi connectivity index (χ4n) is 1.59. The van der Waals surface area contributed by atoms with Crippen LogP contribution < -0.4 is 4.74 Å². The normalized spacial score (nSPS) is 10.8. The summed E-state index contributed by atoms with van der Waals surface area (Å²) >= 11 is 8.46. The lowest BCUT2D eigenvalue weighted by Crippen LogP contribution is -1.99. The summed E-state index contributed by atoms with van der Waals surface area (Å²) in [6.45, 7) is 4.64. The molecular formula is C14H13Br2NO2S. The average molecular weight is 419 g/mol. The fraction of sp³-hybridized carbons (Fsp3) is 0.286. The topological polar surface area (TPSA) is 39.2 Å². The van der Waals surface area contributed by atoms with Gasteiger partial charge in [0.15, 0.2) is 0 Å². The van der Waals surface area contributed by atoms with Gasteiger partial charge in [0.1, 0.15) is 18.6 Å². The molecule has 0 N–H and O–H groups in total. The standard InChI is InChI=1S/C14H13Br2NO2S/c1-8(2)14-17-10(7-20-14)6-19-13-11(15)3-9(5-18)4-12(13)16/h3-5,7-8H,6H2,1-2H3. The van der Waals surface area contributed by atoms with Gasteiger partial charge >= 0.3 is 0 Å². The SMILES string of the molecule is CC(C)c1nc(COc2c(Br)cc(C=O)cc2Br)cs1. The van der Waals surface area contributed by atoms with Crippen LogP contribution in [0.4, 0.5) is 0 Å². The average Bonchev–Trinajstić information content (AvgIpc) is 2.86. The Morgan fingerprint density at radius 1 is 1.35 bits per heavy atom. The Labute approximate surface area is 138 Å². The van der Waals surface area contributed by atoms with E-state index in [0.29, 0.717) is 23.8 Å². The van der Waals surface area contributed by atoms with Gasteiger partial charge in [0, 0.05) is 16.9 Å². The maximum absolute atomic E-state index is 10.8. The molecule has 0 atom stereocenters. The number of aldehydes is 1. The molecule has 20 heavy (non-hydrogen) atoms. The Bertz CT molecular complexity index is 602. The third-order valence-corrected chi connectivity index (χ3v) is 4.96. The van der Waals surface area contributed by atoms with Gasteiger partial charge < -0.3 is 4.74 Å². The van der Waals surface area contributed by atoms with Crippen molar-refractivity contribution in [3.05, 3.63) is 42.7 Å². The Morgan fingerprint density at radius 3 is 2.50 bits per heavy atom. The number of halogens is 2. The molecule has 1 aromatic heterocycles. The van der Waals surface area contributed by atoms with Gasteiger partial charge in [-0.15, -0.1) is 11.3 Å². The number of ether oxygens (including phenoxy) is 1. The summed E-state index contributed by atoms with van der Waals surface area (Å²) in [6.07, 6.45) is 0.800. The van der Waals surface area contributed by atoms with Crippen LogP contribution in [0, 0.1) is 0 Å². The summed E-state index contributed by atoms with van der Waals surface area (Å²) < 4.78 is 7.27. The molecule has 0 aliphatic carbocycles. The molecule has 106 valence electrons. The van der Waals surface area contributed by atoms with Crippen molar-refractivity contribution in [2.75, 3.05) is 0 Å². The van der Waals surface area contributed by atoms with Crippen molar-refractivity contribution in [3.8, 4) is 5.75 Å². The van der Waals surface area contributed by atoms with Crippen LogP contribution in [0.15, 0.2) is 26.5 Å². The molecule has 0 saturated heterocycles. The van der Waals surface area contributed by atoms with Gasteiger partial charge in [0.25, 0.3) is 0 Å². The number of carbonyl (C=O) groups is 1. The van der Waals surface area contributed by atoms with E-state index < -0.39 is 0 Å². The van der Waals surface area contributed by atoms with Crippen molar-refractivity contribution in [2.45, 2.75) is 26.4 Å². The van der Waals surface area contributed by atoms with Crippen LogP contribution in [0.2, 0.25) is 0 Å². The molecule has 0 amide bonds. The number of nitrogens with zero attached hydrogens (tertiary/aromatic N) is 1. The molecule has 0 radical (unpaired) electrons. The lowest BCUT2D eigenvalue weighted by molar-refractivity contribution is 0.112. The molecule has 0 aliphatic heterocycles. The first-order chi connectivity index (χ1) is 9.51. The largest absolute Gasteiger partial charge is 0.485 e. The quantitative estimate of drug-likeness (QED) is 0.627. The summed E-state index contributed by atoms with van der Waals surface area (Å²) in [5.74, 6) is 1.11. The predicted octanol–water partition coefficient (Wildman–Crippen LogP) is 5.18. The van der Waals surface area contributed by atoms with E-state index in [2.05, 4.69) is 50.7 Å². The second-order valence-corrected chi connectivity index (χ2v) is 7.15. The minimum Gasteiger partial charge on any atom is -0.485 e. The van der Waals surface area contributed by atoms with Crippen molar-refractivity contribution in [2.24, 2.45) is 0 Å². The maximum Gasteiger partial charge on any atom is 0.150 e. The van der Waals surface area contributed by atoms with E-state index in [1.807, 2.05) is 5.38 Å². The molecular weight excluding hydrogens is 406 g/mol. The molecule has 1 heterocycles. The molecule has 2 rings (SSSR count). The molecule has 6 heteroatoms. The summed E-state index contributed by atoms with van der Waals surface area (Å²) in [6, 6.07) is 3.46. The number of hydrogen-bond donors (Lipinski definition) is 0. The van der Waals surface area contributed by atoms with Crippen LogP contribution in [0.25, 0.3) is 0 Å². The highest BCUT2D eigenvalue weighted by Gasteiger charge is 2.11. The molecule has 0 fully saturated rings.